The lowest BCUT2D eigenvalue weighted by Crippen LogP contribution is -2.20. The van der Waals surface area contributed by atoms with E-state index in [1.54, 1.807) is 0 Å². The van der Waals surface area contributed by atoms with Gasteiger partial charge in [0.25, 0.3) is 0 Å². The van der Waals surface area contributed by atoms with Crippen LogP contribution in [0.4, 0.5) is 0 Å². The molecule has 0 heterocycles. The van der Waals surface area contributed by atoms with Crippen LogP contribution >= 0.6 is 11.6 Å². The van der Waals surface area contributed by atoms with Crippen LogP contribution in [0.2, 0.25) is 0 Å². The molecule has 0 fully saturated rings. The average Bonchev–Trinajstić information content (AvgIpc) is 1.65. The Morgan fingerprint density at radius 2 is 2.12 bits per heavy atom. The molecule has 1 unspecified atom stereocenters. The maximum absolute atomic E-state index is 9.60. The zero-order valence-electron chi connectivity index (χ0n) is 4.17. The molecule has 0 aliphatic carbocycles. The second-order valence-electron chi connectivity index (χ2n) is 1.01. The highest BCUT2D eigenvalue weighted by Crippen LogP contribution is 1.84. The monoisotopic (exact) mass is 141 g/mol. The van der Waals surface area contributed by atoms with E-state index in [0.717, 1.165) is 0 Å². The summed E-state index contributed by atoms with van der Waals surface area (Å²) in [6.07, 6.45) is -1.42. The smallest absolute Gasteiger partial charge is 0.333 e. The van der Waals surface area contributed by atoms with Gasteiger partial charge in [0.2, 0.25) is 0 Å². The predicted octanol–water partition coefficient (Wildman–Crippen LogP) is -0.167. The van der Waals surface area contributed by atoms with Crippen molar-refractivity contribution in [3.63, 3.8) is 0 Å². The van der Waals surface area contributed by atoms with Gasteiger partial charge in [-0.15, -0.1) is 11.6 Å². The maximum atomic E-state index is 9.60. The van der Waals surface area contributed by atoms with Crippen molar-refractivity contribution in [1.82, 2.24) is 6.15 Å². The normalized spacial score (nSPS) is 11.8. The Morgan fingerprint density at radius 3 is 2.12 bits per heavy atom. The molecule has 0 aromatic heterocycles. The summed E-state index contributed by atoms with van der Waals surface area (Å²) in [6, 6.07) is 0. The first-order valence-electron chi connectivity index (χ1n) is 1.65. The minimum absolute atomic E-state index is 0. The van der Waals surface area contributed by atoms with E-state index >= 15 is 0 Å². The second kappa shape index (κ2) is 4.83. The molecule has 1 atom stereocenters. The van der Waals surface area contributed by atoms with E-state index in [4.69, 9.17) is 21.8 Å². The van der Waals surface area contributed by atoms with Crippen molar-refractivity contribution in [2.24, 2.45) is 0 Å². The van der Waals surface area contributed by atoms with Crippen LogP contribution in [0.15, 0.2) is 0 Å². The molecule has 0 saturated carbocycles. The minimum Gasteiger partial charge on any atom is -0.479 e. The van der Waals surface area contributed by atoms with Crippen LogP contribution in [0, 0.1) is 0 Å². The highest BCUT2D eigenvalue weighted by molar-refractivity contribution is 6.19. The van der Waals surface area contributed by atoms with E-state index in [9.17, 15) is 4.79 Å². The summed E-state index contributed by atoms with van der Waals surface area (Å²) in [4.78, 5) is 9.60. The Morgan fingerprint density at radius 1 is 1.75 bits per heavy atom. The zero-order valence-corrected chi connectivity index (χ0v) is 4.93. The number of carbonyl (C=O) groups is 1. The molecule has 0 aliphatic rings. The van der Waals surface area contributed by atoms with E-state index in [1.807, 2.05) is 0 Å². The molecule has 0 radical (unpaired) electrons. The van der Waals surface area contributed by atoms with Gasteiger partial charge in [0, 0.05) is 0 Å². The lowest BCUT2D eigenvalue weighted by atomic mass is 10.4. The van der Waals surface area contributed by atoms with Gasteiger partial charge in [-0.05, 0) is 0 Å². The van der Waals surface area contributed by atoms with Gasteiger partial charge in [-0.1, -0.05) is 0 Å². The third-order valence-electron chi connectivity index (χ3n) is 0.431. The molecule has 50 valence electrons. The van der Waals surface area contributed by atoms with Crippen LogP contribution < -0.4 is 6.15 Å². The highest BCUT2D eigenvalue weighted by Gasteiger charge is 2.08. The second-order valence-corrected chi connectivity index (χ2v) is 1.32. The largest absolute Gasteiger partial charge is 0.479 e. The quantitative estimate of drug-likeness (QED) is 0.466. The minimum atomic E-state index is -1.42. The van der Waals surface area contributed by atoms with Crippen molar-refractivity contribution in [3.05, 3.63) is 0 Å². The number of aliphatic carboxylic acids is 1. The van der Waals surface area contributed by atoms with Crippen LogP contribution in [-0.2, 0) is 4.79 Å². The summed E-state index contributed by atoms with van der Waals surface area (Å²) in [5.74, 6) is -1.54. The predicted molar refractivity (Wildman–Crippen MR) is 29.4 cm³/mol. The molecule has 4 nitrogen and oxygen atoms in total. The molecular formula is C3H8ClNO3. The highest BCUT2D eigenvalue weighted by atomic mass is 35.5. The van der Waals surface area contributed by atoms with E-state index in [-0.39, 0.29) is 12.0 Å². The SMILES string of the molecule is N.O=C(O)C(O)CCl. The van der Waals surface area contributed by atoms with Crippen molar-refractivity contribution in [2.45, 2.75) is 6.10 Å². The van der Waals surface area contributed by atoms with Crippen LogP contribution in [0.25, 0.3) is 0 Å². The van der Waals surface area contributed by atoms with Gasteiger partial charge in [0.15, 0.2) is 6.10 Å². The maximum Gasteiger partial charge on any atom is 0.333 e. The molecule has 0 bridgehead atoms. The van der Waals surface area contributed by atoms with Gasteiger partial charge >= 0.3 is 5.97 Å². The lowest BCUT2D eigenvalue weighted by molar-refractivity contribution is -0.145. The Bertz CT molecular complexity index is 76.9. The molecule has 5 heteroatoms. The summed E-state index contributed by atoms with van der Waals surface area (Å²) in [7, 11) is 0. The van der Waals surface area contributed by atoms with E-state index in [1.165, 1.54) is 0 Å². The summed E-state index contributed by atoms with van der Waals surface area (Å²) in [5.41, 5.74) is 0. The van der Waals surface area contributed by atoms with Crippen molar-refractivity contribution in [3.8, 4) is 0 Å². The van der Waals surface area contributed by atoms with Crippen molar-refractivity contribution >= 4 is 17.6 Å². The van der Waals surface area contributed by atoms with Gasteiger partial charge in [0.05, 0.1) is 5.88 Å². The number of rotatable bonds is 2. The number of aliphatic hydroxyl groups is 1. The van der Waals surface area contributed by atoms with E-state index in [0.29, 0.717) is 0 Å². The number of carboxylic acid groups (broad SMARTS) is 1. The first-order valence-corrected chi connectivity index (χ1v) is 2.18. The fourth-order valence-electron chi connectivity index (χ4n) is 0.0660. The van der Waals surface area contributed by atoms with Gasteiger partial charge in [0.1, 0.15) is 0 Å². The molecule has 0 rings (SSSR count). The molecule has 0 spiro atoms. The van der Waals surface area contributed by atoms with Crippen molar-refractivity contribution in [2.75, 3.05) is 5.88 Å². The number of alkyl halides is 1. The number of aliphatic hydroxyl groups excluding tert-OH is 1. The van der Waals surface area contributed by atoms with Crippen LogP contribution in [-0.4, -0.2) is 28.2 Å². The van der Waals surface area contributed by atoms with Gasteiger partial charge in [-0.2, -0.15) is 0 Å². The first kappa shape index (κ1) is 10.6. The Labute approximate surface area is 51.7 Å². The van der Waals surface area contributed by atoms with Crippen molar-refractivity contribution < 1.29 is 15.0 Å². The van der Waals surface area contributed by atoms with Gasteiger partial charge < -0.3 is 16.4 Å². The van der Waals surface area contributed by atoms with Gasteiger partial charge in [-0.25, -0.2) is 4.79 Å². The molecular weight excluding hydrogens is 133 g/mol. The number of halogens is 1. The molecule has 0 amide bonds. The Balaban J connectivity index is 0. The molecule has 5 N–H and O–H groups in total. The molecule has 0 aromatic carbocycles. The molecule has 8 heavy (non-hydrogen) atoms. The summed E-state index contributed by atoms with van der Waals surface area (Å²) >= 11 is 4.92. The first-order chi connectivity index (χ1) is 3.18. The topological polar surface area (TPSA) is 92.5 Å². The number of carboxylic acids is 1. The third-order valence-corrected chi connectivity index (χ3v) is 0.724. The fourth-order valence-corrected chi connectivity index (χ4v) is 0.198. The molecule has 0 aromatic rings. The number of hydrogen-bond acceptors (Lipinski definition) is 3. The van der Waals surface area contributed by atoms with Crippen LogP contribution in [0.1, 0.15) is 0 Å². The fraction of sp³-hybridized carbons (Fsp3) is 0.667. The summed E-state index contributed by atoms with van der Waals surface area (Å²) in [5, 5.41) is 16.1. The summed E-state index contributed by atoms with van der Waals surface area (Å²) < 4.78 is 0. The van der Waals surface area contributed by atoms with Crippen LogP contribution in [0.3, 0.4) is 0 Å². The van der Waals surface area contributed by atoms with Crippen molar-refractivity contribution in [1.29, 1.82) is 0 Å². The third kappa shape index (κ3) is 3.86. The summed E-state index contributed by atoms with van der Waals surface area (Å²) in [6.45, 7) is 0. The van der Waals surface area contributed by atoms with Crippen LogP contribution in [0.5, 0.6) is 0 Å². The lowest BCUT2D eigenvalue weighted by Gasteiger charge is -1.94. The average molecular weight is 142 g/mol. The van der Waals surface area contributed by atoms with E-state index < -0.39 is 12.1 Å². The zero-order chi connectivity index (χ0) is 5.86. The standard InChI is InChI=1S/C3H5ClO3.H3N/c4-1-2(5)3(6)7;/h2,5H,1H2,(H,6,7);1H3. The molecule has 0 aliphatic heterocycles. The molecule has 0 saturated heterocycles. The number of hydrogen-bond donors (Lipinski definition) is 3. The Hall–Kier alpha value is -0.320. The van der Waals surface area contributed by atoms with Gasteiger partial charge in [-0.3, -0.25) is 0 Å². The Kier molecular flexibility index (Phi) is 6.41. The van der Waals surface area contributed by atoms with E-state index in [2.05, 4.69) is 0 Å².